The van der Waals surface area contributed by atoms with Crippen molar-refractivity contribution in [3.63, 3.8) is 0 Å². The topological polar surface area (TPSA) is 64.3 Å². The maximum Gasteiger partial charge on any atom is 0.218 e. The molecule has 1 saturated heterocycles. The molecule has 2 N–H and O–H groups in total. The fourth-order valence-electron chi connectivity index (χ4n) is 2.27. The van der Waals surface area contributed by atoms with Gasteiger partial charge in [0, 0.05) is 19.2 Å². The van der Waals surface area contributed by atoms with E-state index in [0.29, 0.717) is 11.8 Å². The molecule has 1 aromatic heterocycles. The minimum absolute atomic E-state index is 0.130. The summed E-state index contributed by atoms with van der Waals surface area (Å²) in [6, 6.07) is 1.92. The van der Waals surface area contributed by atoms with Gasteiger partial charge in [0.05, 0.1) is 6.10 Å². The van der Waals surface area contributed by atoms with E-state index in [2.05, 4.69) is 14.9 Å². The normalized spacial score (nSPS) is 20.2. The summed E-state index contributed by atoms with van der Waals surface area (Å²) in [5.41, 5.74) is 5.76. The van der Waals surface area contributed by atoms with Gasteiger partial charge >= 0.3 is 0 Å². The zero-order chi connectivity index (χ0) is 13.0. The van der Waals surface area contributed by atoms with Crippen molar-refractivity contribution in [3.05, 3.63) is 12.4 Å². The second-order valence-corrected chi connectivity index (χ2v) is 5.07. The molecule has 0 saturated carbocycles. The highest BCUT2D eigenvalue weighted by Gasteiger charge is 2.20. The summed E-state index contributed by atoms with van der Waals surface area (Å²) < 4.78 is 5.60. The SMILES string of the molecule is CC(C)Oc1cc(N2CCCC(CN)C2)ncn1. The Morgan fingerprint density at radius 3 is 3.06 bits per heavy atom. The molecule has 0 radical (unpaired) electrons. The molecule has 5 heteroatoms. The second-order valence-electron chi connectivity index (χ2n) is 5.07. The van der Waals surface area contributed by atoms with Crippen molar-refractivity contribution < 1.29 is 4.74 Å². The molecule has 0 bridgehead atoms. The summed E-state index contributed by atoms with van der Waals surface area (Å²) in [5, 5.41) is 0. The van der Waals surface area contributed by atoms with Crippen molar-refractivity contribution in [2.75, 3.05) is 24.5 Å². The molecule has 2 heterocycles. The van der Waals surface area contributed by atoms with Crippen LogP contribution in [0.1, 0.15) is 26.7 Å². The quantitative estimate of drug-likeness (QED) is 0.876. The van der Waals surface area contributed by atoms with E-state index in [-0.39, 0.29) is 6.10 Å². The minimum atomic E-state index is 0.130. The summed E-state index contributed by atoms with van der Waals surface area (Å²) in [5.74, 6) is 2.16. The average Bonchev–Trinajstić information content (AvgIpc) is 2.38. The first kappa shape index (κ1) is 13.1. The Hall–Kier alpha value is -1.36. The van der Waals surface area contributed by atoms with Crippen molar-refractivity contribution in [1.82, 2.24) is 9.97 Å². The molecule has 1 atom stereocenters. The van der Waals surface area contributed by atoms with Crippen LogP contribution in [0.5, 0.6) is 5.88 Å². The Balaban J connectivity index is 2.07. The van der Waals surface area contributed by atoms with Crippen LogP contribution in [-0.4, -0.2) is 35.7 Å². The van der Waals surface area contributed by atoms with Crippen LogP contribution in [-0.2, 0) is 0 Å². The van der Waals surface area contributed by atoms with Crippen LogP contribution in [0.4, 0.5) is 5.82 Å². The number of piperidine rings is 1. The zero-order valence-corrected chi connectivity index (χ0v) is 11.2. The Morgan fingerprint density at radius 2 is 2.33 bits per heavy atom. The molecule has 0 aromatic carbocycles. The Kier molecular flexibility index (Phi) is 4.36. The van der Waals surface area contributed by atoms with Gasteiger partial charge in [-0.05, 0) is 39.2 Å². The van der Waals surface area contributed by atoms with Gasteiger partial charge in [-0.3, -0.25) is 0 Å². The van der Waals surface area contributed by atoms with E-state index >= 15 is 0 Å². The summed E-state index contributed by atoms with van der Waals surface area (Å²) in [6.45, 7) is 6.75. The van der Waals surface area contributed by atoms with Crippen molar-refractivity contribution in [2.24, 2.45) is 11.7 Å². The van der Waals surface area contributed by atoms with Gasteiger partial charge < -0.3 is 15.4 Å². The molecule has 18 heavy (non-hydrogen) atoms. The molecular formula is C13H22N4O. The number of ether oxygens (including phenoxy) is 1. The Morgan fingerprint density at radius 1 is 1.50 bits per heavy atom. The van der Waals surface area contributed by atoms with Gasteiger partial charge in [0.25, 0.3) is 0 Å². The van der Waals surface area contributed by atoms with Crippen LogP contribution >= 0.6 is 0 Å². The maximum absolute atomic E-state index is 5.76. The molecule has 0 aliphatic carbocycles. The minimum Gasteiger partial charge on any atom is -0.475 e. The van der Waals surface area contributed by atoms with Crippen LogP contribution in [0.25, 0.3) is 0 Å². The van der Waals surface area contributed by atoms with E-state index in [0.717, 1.165) is 25.5 Å². The predicted octanol–water partition coefficient (Wildman–Crippen LogP) is 1.44. The van der Waals surface area contributed by atoms with E-state index < -0.39 is 0 Å². The van der Waals surface area contributed by atoms with Gasteiger partial charge in [0.15, 0.2) is 0 Å². The number of anilines is 1. The number of hydrogen-bond acceptors (Lipinski definition) is 5. The molecule has 2 rings (SSSR count). The summed E-state index contributed by atoms with van der Waals surface area (Å²) in [6.07, 6.45) is 4.09. The number of rotatable bonds is 4. The molecule has 1 unspecified atom stereocenters. The molecule has 0 spiro atoms. The standard InChI is InChI=1S/C13H22N4O/c1-10(2)18-13-6-12(15-9-16-13)17-5-3-4-11(7-14)8-17/h6,9-11H,3-5,7-8,14H2,1-2H3. The van der Waals surface area contributed by atoms with E-state index in [1.54, 1.807) is 6.33 Å². The lowest BCUT2D eigenvalue weighted by molar-refractivity contribution is 0.232. The smallest absolute Gasteiger partial charge is 0.218 e. The van der Waals surface area contributed by atoms with Gasteiger partial charge in [-0.2, -0.15) is 0 Å². The van der Waals surface area contributed by atoms with Crippen LogP contribution in [0, 0.1) is 5.92 Å². The maximum atomic E-state index is 5.76. The number of nitrogens with two attached hydrogens (primary N) is 1. The van der Waals surface area contributed by atoms with Crippen LogP contribution < -0.4 is 15.4 Å². The van der Waals surface area contributed by atoms with Gasteiger partial charge in [-0.25, -0.2) is 9.97 Å². The third-order valence-electron chi connectivity index (χ3n) is 3.16. The highest BCUT2D eigenvalue weighted by molar-refractivity contribution is 5.41. The molecule has 0 amide bonds. The summed E-state index contributed by atoms with van der Waals surface area (Å²) in [7, 11) is 0. The third kappa shape index (κ3) is 3.32. The summed E-state index contributed by atoms with van der Waals surface area (Å²) >= 11 is 0. The predicted molar refractivity (Wildman–Crippen MR) is 71.8 cm³/mol. The molecule has 100 valence electrons. The molecule has 1 aliphatic heterocycles. The fraction of sp³-hybridized carbons (Fsp3) is 0.692. The van der Waals surface area contributed by atoms with E-state index in [1.165, 1.54) is 12.8 Å². The van der Waals surface area contributed by atoms with Crippen molar-refractivity contribution in [2.45, 2.75) is 32.8 Å². The van der Waals surface area contributed by atoms with E-state index in [4.69, 9.17) is 10.5 Å². The molecule has 5 nitrogen and oxygen atoms in total. The number of hydrogen-bond donors (Lipinski definition) is 1. The number of aromatic nitrogens is 2. The van der Waals surface area contributed by atoms with Crippen molar-refractivity contribution in [1.29, 1.82) is 0 Å². The lowest BCUT2D eigenvalue weighted by atomic mass is 9.98. The first-order chi connectivity index (χ1) is 8.69. The van der Waals surface area contributed by atoms with Crippen molar-refractivity contribution >= 4 is 5.82 Å². The van der Waals surface area contributed by atoms with Crippen LogP contribution in [0.15, 0.2) is 12.4 Å². The Labute approximate surface area is 108 Å². The lowest BCUT2D eigenvalue weighted by Crippen LogP contribution is -2.38. The second kappa shape index (κ2) is 6.00. The van der Waals surface area contributed by atoms with Crippen LogP contribution in [0.2, 0.25) is 0 Å². The molecule has 1 fully saturated rings. The Bertz CT molecular complexity index is 383. The average molecular weight is 250 g/mol. The van der Waals surface area contributed by atoms with Gasteiger partial charge in [-0.15, -0.1) is 0 Å². The summed E-state index contributed by atoms with van der Waals surface area (Å²) in [4.78, 5) is 10.7. The lowest BCUT2D eigenvalue weighted by Gasteiger charge is -2.33. The van der Waals surface area contributed by atoms with E-state index in [1.807, 2.05) is 19.9 Å². The van der Waals surface area contributed by atoms with Gasteiger partial charge in [-0.1, -0.05) is 0 Å². The highest BCUT2D eigenvalue weighted by atomic mass is 16.5. The third-order valence-corrected chi connectivity index (χ3v) is 3.16. The van der Waals surface area contributed by atoms with Gasteiger partial charge in [0.2, 0.25) is 5.88 Å². The zero-order valence-electron chi connectivity index (χ0n) is 11.2. The molecular weight excluding hydrogens is 228 g/mol. The fourth-order valence-corrected chi connectivity index (χ4v) is 2.27. The molecule has 1 aromatic rings. The van der Waals surface area contributed by atoms with Crippen molar-refractivity contribution in [3.8, 4) is 5.88 Å². The van der Waals surface area contributed by atoms with Gasteiger partial charge in [0.1, 0.15) is 12.1 Å². The molecule has 1 aliphatic rings. The largest absolute Gasteiger partial charge is 0.475 e. The van der Waals surface area contributed by atoms with Crippen LogP contribution in [0.3, 0.4) is 0 Å². The first-order valence-corrected chi connectivity index (χ1v) is 6.62. The first-order valence-electron chi connectivity index (χ1n) is 6.62. The monoisotopic (exact) mass is 250 g/mol. The highest BCUT2D eigenvalue weighted by Crippen LogP contribution is 2.23. The number of nitrogens with zero attached hydrogens (tertiary/aromatic N) is 3. The van der Waals surface area contributed by atoms with E-state index in [9.17, 15) is 0 Å².